The summed E-state index contributed by atoms with van der Waals surface area (Å²) in [6.45, 7) is 2.45. The van der Waals surface area contributed by atoms with E-state index in [1.807, 2.05) is 0 Å². The summed E-state index contributed by atoms with van der Waals surface area (Å²) in [4.78, 5) is 14.4. The van der Waals surface area contributed by atoms with Gasteiger partial charge in [0.15, 0.2) is 0 Å². The number of hydrogen-bond donors (Lipinski definition) is 2. The van der Waals surface area contributed by atoms with Crippen molar-refractivity contribution in [2.24, 2.45) is 0 Å². The third-order valence-electron chi connectivity index (χ3n) is 4.01. The predicted octanol–water partition coefficient (Wildman–Crippen LogP) is 1.93. The first kappa shape index (κ1) is 17.1. The number of methoxy groups -OCH3 is 1. The predicted molar refractivity (Wildman–Crippen MR) is 86.6 cm³/mol. The molecule has 1 amide bonds. The zero-order chi connectivity index (χ0) is 15.9. The van der Waals surface area contributed by atoms with Crippen LogP contribution in [0.15, 0.2) is 18.2 Å². The Morgan fingerprint density at radius 3 is 3.00 bits per heavy atom. The van der Waals surface area contributed by atoms with Gasteiger partial charge in [0, 0.05) is 29.7 Å². The lowest BCUT2D eigenvalue weighted by Gasteiger charge is -2.34. The summed E-state index contributed by atoms with van der Waals surface area (Å²) >= 11 is 5.97. The Kier molecular flexibility index (Phi) is 6.49. The number of ether oxygens (including phenoxy) is 1. The van der Waals surface area contributed by atoms with Gasteiger partial charge < -0.3 is 15.2 Å². The first-order valence-corrected chi connectivity index (χ1v) is 7.99. The van der Waals surface area contributed by atoms with Gasteiger partial charge in [-0.25, -0.2) is 0 Å². The lowest BCUT2D eigenvalue weighted by Crippen LogP contribution is -2.45. The Bertz CT molecular complexity index is 510. The second kappa shape index (κ2) is 8.36. The average molecular weight is 327 g/mol. The first-order valence-electron chi connectivity index (χ1n) is 7.61. The van der Waals surface area contributed by atoms with Crippen LogP contribution in [0.25, 0.3) is 0 Å². The van der Waals surface area contributed by atoms with Crippen LogP contribution in [0.1, 0.15) is 29.6 Å². The maximum absolute atomic E-state index is 12.2. The molecule has 5 nitrogen and oxygen atoms in total. The second-order valence-electron chi connectivity index (χ2n) is 5.50. The molecule has 22 heavy (non-hydrogen) atoms. The number of hydrogen-bond acceptors (Lipinski definition) is 4. The van der Waals surface area contributed by atoms with Crippen molar-refractivity contribution < 1.29 is 14.6 Å². The van der Waals surface area contributed by atoms with Crippen molar-refractivity contribution in [3.05, 3.63) is 28.8 Å². The Morgan fingerprint density at radius 1 is 1.45 bits per heavy atom. The fourth-order valence-corrected chi connectivity index (χ4v) is 3.01. The van der Waals surface area contributed by atoms with E-state index >= 15 is 0 Å². The van der Waals surface area contributed by atoms with Crippen LogP contribution in [0.3, 0.4) is 0 Å². The van der Waals surface area contributed by atoms with Crippen LogP contribution in [0.5, 0.6) is 5.75 Å². The number of carbonyl (C=O) groups excluding carboxylic acids is 1. The molecule has 1 atom stereocenters. The van der Waals surface area contributed by atoms with Crippen molar-refractivity contribution in [2.45, 2.75) is 25.3 Å². The molecule has 1 aromatic carbocycles. The zero-order valence-corrected chi connectivity index (χ0v) is 13.6. The van der Waals surface area contributed by atoms with Crippen LogP contribution in [0, 0.1) is 0 Å². The number of aliphatic hydroxyl groups excluding tert-OH is 1. The van der Waals surface area contributed by atoms with Gasteiger partial charge in [0.1, 0.15) is 5.75 Å². The Morgan fingerprint density at radius 2 is 2.27 bits per heavy atom. The monoisotopic (exact) mass is 326 g/mol. The van der Waals surface area contributed by atoms with Gasteiger partial charge >= 0.3 is 0 Å². The van der Waals surface area contributed by atoms with E-state index in [2.05, 4.69) is 10.2 Å². The molecule has 0 bridgehead atoms. The van der Waals surface area contributed by atoms with Crippen LogP contribution in [-0.4, -0.2) is 55.3 Å². The van der Waals surface area contributed by atoms with Crippen LogP contribution in [-0.2, 0) is 0 Å². The minimum atomic E-state index is -0.168. The number of halogens is 1. The van der Waals surface area contributed by atoms with E-state index in [1.54, 1.807) is 25.3 Å². The van der Waals surface area contributed by atoms with E-state index in [9.17, 15) is 9.90 Å². The molecule has 2 N–H and O–H groups in total. The molecule has 2 rings (SSSR count). The number of benzene rings is 1. The molecule has 1 aliphatic rings. The summed E-state index contributed by atoms with van der Waals surface area (Å²) in [7, 11) is 1.54. The minimum absolute atomic E-state index is 0.168. The van der Waals surface area contributed by atoms with Crippen molar-refractivity contribution in [2.75, 3.05) is 33.4 Å². The molecule has 1 aromatic rings. The maximum atomic E-state index is 12.2. The van der Waals surface area contributed by atoms with E-state index in [4.69, 9.17) is 16.3 Å². The summed E-state index contributed by atoms with van der Waals surface area (Å²) in [5, 5.41) is 12.7. The topological polar surface area (TPSA) is 61.8 Å². The molecule has 1 heterocycles. The van der Waals surface area contributed by atoms with Crippen molar-refractivity contribution in [3.8, 4) is 5.75 Å². The number of piperidine rings is 1. The Hall–Kier alpha value is -1.30. The van der Waals surface area contributed by atoms with E-state index in [0.29, 0.717) is 22.9 Å². The maximum Gasteiger partial charge on any atom is 0.251 e. The molecule has 0 radical (unpaired) electrons. The van der Waals surface area contributed by atoms with Gasteiger partial charge in [-0.2, -0.15) is 0 Å². The standard InChI is InChI=1S/C16H23ClN2O3/c1-22-15-9-12(8-13(17)10-15)16(21)18-5-7-19-6-3-2-4-14(19)11-20/h8-10,14,20H,2-7,11H2,1H3,(H,18,21). The Labute approximate surface area is 136 Å². The zero-order valence-electron chi connectivity index (χ0n) is 12.8. The van der Waals surface area contributed by atoms with E-state index in [1.165, 1.54) is 0 Å². The number of nitrogens with zero attached hydrogens (tertiary/aromatic N) is 1. The van der Waals surface area contributed by atoms with Crippen molar-refractivity contribution in [3.63, 3.8) is 0 Å². The van der Waals surface area contributed by atoms with Crippen molar-refractivity contribution in [1.82, 2.24) is 10.2 Å². The van der Waals surface area contributed by atoms with Crippen LogP contribution in [0.4, 0.5) is 0 Å². The van der Waals surface area contributed by atoms with Gasteiger partial charge in [0.05, 0.1) is 13.7 Å². The Balaban J connectivity index is 1.86. The van der Waals surface area contributed by atoms with E-state index in [0.717, 1.165) is 32.4 Å². The number of likely N-dealkylation sites (tertiary alicyclic amines) is 1. The molecule has 0 aliphatic carbocycles. The quantitative estimate of drug-likeness (QED) is 0.838. The molecule has 0 spiro atoms. The molecule has 6 heteroatoms. The van der Waals surface area contributed by atoms with Gasteiger partial charge in [-0.05, 0) is 37.6 Å². The fraction of sp³-hybridized carbons (Fsp3) is 0.562. The number of nitrogens with one attached hydrogen (secondary N) is 1. The van der Waals surface area contributed by atoms with Gasteiger partial charge in [0.2, 0.25) is 0 Å². The van der Waals surface area contributed by atoms with Crippen LogP contribution in [0.2, 0.25) is 5.02 Å². The highest BCUT2D eigenvalue weighted by atomic mass is 35.5. The van der Waals surface area contributed by atoms with Gasteiger partial charge in [-0.15, -0.1) is 0 Å². The molecule has 0 saturated carbocycles. The molecule has 1 fully saturated rings. The largest absolute Gasteiger partial charge is 0.497 e. The summed E-state index contributed by atoms with van der Waals surface area (Å²) < 4.78 is 5.11. The summed E-state index contributed by atoms with van der Waals surface area (Å²) in [5.41, 5.74) is 0.488. The lowest BCUT2D eigenvalue weighted by atomic mass is 10.0. The van der Waals surface area contributed by atoms with Crippen molar-refractivity contribution in [1.29, 1.82) is 0 Å². The van der Waals surface area contributed by atoms with Gasteiger partial charge in [-0.3, -0.25) is 9.69 Å². The van der Waals surface area contributed by atoms with Crippen LogP contribution >= 0.6 is 11.6 Å². The molecular formula is C16H23ClN2O3. The third-order valence-corrected chi connectivity index (χ3v) is 4.23. The number of amides is 1. The smallest absolute Gasteiger partial charge is 0.251 e. The molecule has 1 unspecified atom stereocenters. The van der Waals surface area contributed by atoms with Gasteiger partial charge in [0.25, 0.3) is 5.91 Å². The van der Waals surface area contributed by atoms with Gasteiger partial charge in [-0.1, -0.05) is 18.0 Å². The number of aliphatic hydroxyl groups is 1. The highest BCUT2D eigenvalue weighted by molar-refractivity contribution is 6.31. The van der Waals surface area contributed by atoms with E-state index < -0.39 is 0 Å². The highest BCUT2D eigenvalue weighted by Gasteiger charge is 2.21. The molecule has 1 saturated heterocycles. The van der Waals surface area contributed by atoms with E-state index in [-0.39, 0.29) is 18.6 Å². The normalized spacial score (nSPS) is 19.0. The first-order chi connectivity index (χ1) is 10.6. The summed E-state index contributed by atoms with van der Waals surface area (Å²) in [6, 6.07) is 5.17. The second-order valence-corrected chi connectivity index (χ2v) is 5.94. The average Bonchev–Trinajstić information content (AvgIpc) is 2.54. The van der Waals surface area contributed by atoms with Crippen LogP contribution < -0.4 is 10.1 Å². The SMILES string of the molecule is COc1cc(Cl)cc(C(=O)NCCN2CCCCC2CO)c1. The molecule has 0 aromatic heterocycles. The number of rotatable bonds is 6. The molecule has 1 aliphatic heterocycles. The fourth-order valence-electron chi connectivity index (χ4n) is 2.79. The molecule has 122 valence electrons. The van der Waals surface area contributed by atoms with Crippen molar-refractivity contribution >= 4 is 17.5 Å². The molecular weight excluding hydrogens is 304 g/mol. The summed E-state index contributed by atoms with van der Waals surface area (Å²) in [6.07, 6.45) is 3.34. The minimum Gasteiger partial charge on any atom is -0.497 e. The number of carbonyl (C=O) groups is 1. The highest BCUT2D eigenvalue weighted by Crippen LogP contribution is 2.20. The lowest BCUT2D eigenvalue weighted by molar-refractivity contribution is 0.0849. The third kappa shape index (κ3) is 4.60. The summed E-state index contributed by atoms with van der Waals surface area (Å²) in [5.74, 6) is 0.396.